The number of benzene rings is 1. The summed E-state index contributed by atoms with van der Waals surface area (Å²) in [6.45, 7) is 11.0. The van der Waals surface area contributed by atoms with E-state index < -0.39 is 96.4 Å². The summed E-state index contributed by atoms with van der Waals surface area (Å²) in [5.41, 5.74) is 17.3. The first-order valence-corrected chi connectivity index (χ1v) is 22.7. The molecule has 65 heavy (non-hydrogen) atoms. The maximum absolute atomic E-state index is 14.3. The number of ketones is 1. The van der Waals surface area contributed by atoms with Crippen LogP contribution in [0.5, 0.6) is 5.75 Å². The van der Waals surface area contributed by atoms with Crippen molar-refractivity contribution in [1.82, 2.24) is 42.1 Å². The Hall–Kier alpha value is -5.38. The normalized spacial score (nSPS) is 16.9. The Kier molecular flexibility index (Phi) is 24.5. The molecule has 21 heteroatoms. The van der Waals surface area contributed by atoms with E-state index in [2.05, 4.69) is 37.2 Å². The average Bonchev–Trinajstić information content (AvgIpc) is 3.73. The van der Waals surface area contributed by atoms with Gasteiger partial charge in [-0.05, 0) is 102 Å². The van der Waals surface area contributed by atoms with Crippen molar-refractivity contribution in [3.8, 4) is 5.75 Å². The number of unbranched alkanes of at least 4 members (excludes halogenated alkanes) is 2. The minimum absolute atomic E-state index is 0.00703. The smallest absolute Gasteiger partial charge is 0.312 e. The van der Waals surface area contributed by atoms with Crippen molar-refractivity contribution in [1.29, 1.82) is 0 Å². The number of phenols is 1. The standard InChI is InChI=1S/C44H75N11O10/c1-25(2)22-33(40(61)51-32(13-8-9-19-48-26(3)4)43(64)55-21-11-14-36(55)37(58)27(5)45)52-39(60)31(12-7-10-20-49-44(47)65)50-41(62)34(23-29-15-17-30(57)18-16-29)53-42(63)35(24-56)54-38(59)28(6)46/h15-18,25-28,31-36,48,56-57H,7-14,19-24,45-46H2,1-6H3,(H,50,62)(H,51,61)(H,52,60)(H,53,63)(H,54,59)(H3,47,49,65)/t27?,28-,31-,32+,33+,34+,35+,36+/m1/s1. The van der Waals surface area contributed by atoms with Gasteiger partial charge in [0, 0.05) is 25.6 Å². The zero-order valence-corrected chi connectivity index (χ0v) is 38.8. The Morgan fingerprint density at radius 1 is 0.677 bits per heavy atom. The van der Waals surface area contributed by atoms with Crippen molar-refractivity contribution in [2.75, 3.05) is 26.2 Å². The molecule has 2 rings (SSSR count). The summed E-state index contributed by atoms with van der Waals surface area (Å²) in [6.07, 6.45) is 3.22. The number of likely N-dealkylation sites (tertiary alicyclic amines) is 1. The summed E-state index contributed by atoms with van der Waals surface area (Å²) < 4.78 is 0. The lowest BCUT2D eigenvalue weighted by Crippen LogP contribution is -2.60. The van der Waals surface area contributed by atoms with E-state index in [-0.39, 0.29) is 62.1 Å². The molecule has 21 nitrogen and oxygen atoms in total. The maximum Gasteiger partial charge on any atom is 0.312 e. The molecule has 0 saturated carbocycles. The number of aromatic hydroxyl groups is 1. The van der Waals surface area contributed by atoms with E-state index in [9.17, 15) is 48.6 Å². The highest BCUT2D eigenvalue weighted by Gasteiger charge is 2.39. The molecule has 1 saturated heterocycles. The number of aliphatic hydroxyl groups excluding tert-OH is 1. The zero-order chi connectivity index (χ0) is 48.8. The number of nitrogens with one attached hydrogen (secondary N) is 7. The van der Waals surface area contributed by atoms with Gasteiger partial charge in [-0.25, -0.2) is 4.79 Å². The number of hydrogen-bond acceptors (Lipinski definition) is 13. The zero-order valence-electron chi connectivity index (χ0n) is 38.8. The van der Waals surface area contributed by atoms with Gasteiger partial charge in [-0.15, -0.1) is 0 Å². The third-order valence-electron chi connectivity index (χ3n) is 10.8. The van der Waals surface area contributed by atoms with E-state index in [1.165, 1.54) is 36.1 Å². The highest BCUT2D eigenvalue weighted by molar-refractivity contribution is 5.98. The average molecular weight is 918 g/mol. The Morgan fingerprint density at radius 3 is 1.77 bits per heavy atom. The Balaban J connectivity index is 2.46. The van der Waals surface area contributed by atoms with Crippen molar-refractivity contribution in [3.63, 3.8) is 0 Å². The molecule has 0 bridgehead atoms. The lowest BCUT2D eigenvalue weighted by Gasteiger charge is -2.31. The third-order valence-corrected chi connectivity index (χ3v) is 10.8. The molecule has 0 spiro atoms. The van der Waals surface area contributed by atoms with Crippen LogP contribution < -0.4 is 54.4 Å². The predicted octanol–water partition coefficient (Wildman–Crippen LogP) is -1.34. The monoisotopic (exact) mass is 918 g/mol. The molecule has 15 N–H and O–H groups in total. The number of Topliss-reactive ketones (excluding diaryl/α,β-unsaturated/α-hetero) is 1. The number of urea groups is 1. The molecule has 8 amide bonds. The van der Waals surface area contributed by atoms with Crippen LogP contribution in [0.1, 0.15) is 105 Å². The minimum Gasteiger partial charge on any atom is -0.508 e. The first-order chi connectivity index (χ1) is 30.6. The van der Waals surface area contributed by atoms with E-state index in [1.807, 2.05) is 27.7 Å². The van der Waals surface area contributed by atoms with Crippen molar-refractivity contribution in [2.45, 2.75) is 160 Å². The molecule has 8 atom stereocenters. The fourth-order valence-corrected chi connectivity index (χ4v) is 7.27. The molecule has 1 unspecified atom stereocenters. The van der Waals surface area contributed by atoms with E-state index in [1.54, 1.807) is 6.92 Å². The molecule has 0 radical (unpaired) electrons. The van der Waals surface area contributed by atoms with Crippen LogP contribution in [-0.2, 0) is 40.0 Å². The number of aliphatic hydroxyl groups is 1. The lowest BCUT2D eigenvalue weighted by atomic mass is 9.99. The second-order valence-electron chi connectivity index (χ2n) is 17.5. The number of nitrogens with two attached hydrogens (primary N) is 3. The molecule has 0 aromatic heterocycles. The number of rotatable bonds is 29. The first-order valence-electron chi connectivity index (χ1n) is 22.7. The summed E-state index contributed by atoms with van der Waals surface area (Å²) in [5.74, 6) is -4.74. The Morgan fingerprint density at radius 2 is 1.20 bits per heavy atom. The van der Waals surface area contributed by atoms with Crippen LogP contribution in [0.2, 0.25) is 0 Å². The number of amides is 8. The van der Waals surface area contributed by atoms with Crippen molar-refractivity contribution < 1.29 is 48.6 Å². The predicted molar refractivity (Wildman–Crippen MR) is 243 cm³/mol. The number of carbonyl (C=O) groups excluding carboxylic acids is 8. The molecule has 366 valence electrons. The van der Waals surface area contributed by atoms with Crippen molar-refractivity contribution >= 4 is 47.3 Å². The van der Waals surface area contributed by atoms with Gasteiger partial charge in [-0.1, -0.05) is 39.8 Å². The summed E-state index contributed by atoms with van der Waals surface area (Å²) in [4.78, 5) is 108. The number of primary amides is 1. The maximum atomic E-state index is 14.3. The van der Waals surface area contributed by atoms with Gasteiger partial charge in [-0.2, -0.15) is 0 Å². The van der Waals surface area contributed by atoms with Crippen LogP contribution in [0.4, 0.5) is 4.79 Å². The van der Waals surface area contributed by atoms with Gasteiger partial charge in [0.25, 0.3) is 0 Å². The van der Waals surface area contributed by atoms with E-state index in [0.29, 0.717) is 50.8 Å². The molecule has 1 aromatic rings. The third kappa shape index (κ3) is 20.1. The first kappa shape index (κ1) is 55.8. The highest BCUT2D eigenvalue weighted by Crippen LogP contribution is 2.22. The van der Waals surface area contributed by atoms with Gasteiger partial charge in [-0.3, -0.25) is 33.6 Å². The van der Waals surface area contributed by atoms with Crippen LogP contribution in [0.15, 0.2) is 24.3 Å². The highest BCUT2D eigenvalue weighted by atomic mass is 16.3. The molecule has 1 aliphatic rings. The molecule has 0 aliphatic carbocycles. The molecular formula is C44H75N11O10. The van der Waals surface area contributed by atoms with Gasteiger partial charge in [0.2, 0.25) is 35.4 Å². The number of carbonyl (C=O) groups is 8. The van der Waals surface area contributed by atoms with Gasteiger partial charge in [0.05, 0.1) is 24.7 Å². The number of nitrogens with zero attached hydrogens (tertiary/aromatic N) is 1. The lowest BCUT2D eigenvalue weighted by molar-refractivity contribution is -0.141. The summed E-state index contributed by atoms with van der Waals surface area (Å²) >= 11 is 0. The van der Waals surface area contributed by atoms with E-state index in [4.69, 9.17) is 17.2 Å². The summed E-state index contributed by atoms with van der Waals surface area (Å²) in [7, 11) is 0. The van der Waals surface area contributed by atoms with Crippen LogP contribution in [0.25, 0.3) is 0 Å². The molecule has 1 aromatic carbocycles. The molecule has 1 fully saturated rings. The molecule has 1 heterocycles. The van der Waals surface area contributed by atoms with Gasteiger partial charge in [0.1, 0.15) is 36.0 Å². The summed E-state index contributed by atoms with van der Waals surface area (Å²) in [5, 5.41) is 38.8. The SMILES string of the molecule is CC(C)C[C@H](NC(=O)[C@@H](CCCCNC(N)=O)NC(=O)[C@H](Cc1ccc(O)cc1)NC(=O)[C@H](CO)NC(=O)[C@@H](C)N)C(=O)N[C@@H](CCCCNC(C)C)C(=O)N1CCC[C@H]1C(=O)C(C)N. The van der Waals surface area contributed by atoms with E-state index >= 15 is 0 Å². The van der Waals surface area contributed by atoms with E-state index in [0.717, 1.165) is 0 Å². The second kappa shape index (κ2) is 28.5. The largest absolute Gasteiger partial charge is 0.508 e. The fraction of sp³-hybridized carbons (Fsp3) is 0.682. The summed E-state index contributed by atoms with van der Waals surface area (Å²) in [6, 6.07) is -3.56. The molecule has 1 aliphatic heterocycles. The molecular weight excluding hydrogens is 843 g/mol. The van der Waals surface area contributed by atoms with Crippen LogP contribution in [0, 0.1) is 5.92 Å². The van der Waals surface area contributed by atoms with Crippen LogP contribution in [-0.4, -0.2) is 143 Å². The van der Waals surface area contributed by atoms with Gasteiger partial charge >= 0.3 is 6.03 Å². The Labute approximate surface area is 382 Å². The van der Waals surface area contributed by atoms with Gasteiger partial charge < -0.3 is 69.5 Å². The minimum atomic E-state index is -1.48. The number of phenolic OH excluding ortho intramolecular Hbond substituents is 1. The number of hydrogen-bond donors (Lipinski definition) is 12. The quantitative estimate of drug-likeness (QED) is 0.0415. The topological polar surface area (TPSA) is 343 Å². The van der Waals surface area contributed by atoms with Crippen molar-refractivity contribution in [3.05, 3.63) is 29.8 Å². The van der Waals surface area contributed by atoms with Gasteiger partial charge in [0.15, 0.2) is 5.78 Å². The van der Waals surface area contributed by atoms with Crippen molar-refractivity contribution in [2.24, 2.45) is 23.1 Å². The fourth-order valence-electron chi connectivity index (χ4n) is 7.27. The second-order valence-corrected chi connectivity index (χ2v) is 17.5. The van der Waals surface area contributed by atoms with Crippen LogP contribution >= 0.6 is 0 Å². The van der Waals surface area contributed by atoms with Crippen LogP contribution in [0.3, 0.4) is 0 Å². The Bertz CT molecular complexity index is 1730.